The number of ether oxygens (including phenoxy) is 1. The third-order valence-corrected chi connectivity index (χ3v) is 3.88. The van der Waals surface area contributed by atoms with Gasteiger partial charge in [-0.1, -0.05) is 29.8 Å². The summed E-state index contributed by atoms with van der Waals surface area (Å²) in [6.45, 7) is 0. The SMILES string of the molecule is COc1ccc(C(=O)N/N=C/c2ccccc2Cl)cc1I. The summed E-state index contributed by atoms with van der Waals surface area (Å²) in [6, 6.07) is 12.4. The Kier molecular flexibility index (Phi) is 5.58. The third kappa shape index (κ3) is 4.18. The minimum atomic E-state index is -0.293. The highest BCUT2D eigenvalue weighted by Crippen LogP contribution is 2.21. The molecule has 0 saturated heterocycles. The first kappa shape index (κ1) is 15.8. The Morgan fingerprint density at radius 1 is 1.33 bits per heavy atom. The molecular weight excluding hydrogens is 403 g/mol. The van der Waals surface area contributed by atoms with Gasteiger partial charge in [0, 0.05) is 16.1 Å². The number of nitrogens with one attached hydrogen (secondary N) is 1. The summed E-state index contributed by atoms with van der Waals surface area (Å²) < 4.78 is 6.01. The zero-order chi connectivity index (χ0) is 15.2. The smallest absolute Gasteiger partial charge is 0.271 e. The van der Waals surface area contributed by atoms with Crippen molar-refractivity contribution in [3.8, 4) is 5.75 Å². The summed E-state index contributed by atoms with van der Waals surface area (Å²) in [5, 5.41) is 4.49. The van der Waals surface area contributed by atoms with Crippen LogP contribution in [0.3, 0.4) is 0 Å². The molecule has 0 aliphatic rings. The fourth-order valence-corrected chi connectivity index (χ4v) is 2.53. The molecule has 2 rings (SSSR count). The molecule has 0 aromatic heterocycles. The summed E-state index contributed by atoms with van der Waals surface area (Å²) in [4.78, 5) is 12.0. The summed E-state index contributed by atoms with van der Waals surface area (Å²) in [7, 11) is 1.59. The molecule has 108 valence electrons. The lowest BCUT2D eigenvalue weighted by Gasteiger charge is -2.05. The number of amides is 1. The van der Waals surface area contributed by atoms with Gasteiger partial charge in [-0.15, -0.1) is 0 Å². The molecule has 0 fully saturated rings. The van der Waals surface area contributed by atoms with Crippen molar-refractivity contribution in [3.05, 3.63) is 62.2 Å². The number of methoxy groups -OCH3 is 1. The number of carbonyl (C=O) groups excluding carboxylic acids is 1. The van der Waals surface area contributed by atoms with Crippen LogP contribution in [0.15, 0.2) is 47.6 Å². The average molecular weight is 415 g/mol. The molecule has 0 spiro atoms. The number of halogens is 2. The molecule has 21 heavy (non-hydrogen) atoms. The first-order chi connectivity index (χ1) is 10.1. The summed E-state index contributed by atoms with van der Waals surface area (Å²) >= 11 is 8.10. The van der Waals surface area contributed by atoms with Crippen LogP contribution in [0.4, 0.5) is 0 Å². The maximum Gasteiger partial charge on any atom is 0.271 e. The fourth-order valence-electron chi connectivity index (χ4n) is 1.61. The van der Waals surface area contributed by atoms with Gasteiger partial charge in [-0.2, -0.15) is 5.10 Å². The summed E-state index contributed by atoms with van der Waals surface area (Å²) in [5.41, 5.74) is 3.72. The number of nitrogens with zero attached hydrogens (tertiary/aromatic N) is 1. The monoisotopic (exact) mass is 414 g/mol. The summed E-state index contributed by atoms with van der Waals surface area (Å²) in [5.74, 6) is 0.436. The molecule has 0 saturated carbocycles. The quantitative estimate of drug-likeness (QED) is 0.471. The zero-order valence-electron chi connectivity index (χ0n) is 11.1. The highest BCUT2D eigenvalue weighted by atomic mass is 127. The predicted octanol–water partition coefficient (Wildman–Crippen LogP) is 3.72. The van der Waals surface area contributed by atoms with Gasteiger partial charge in [0.25, 0.3) is 5.91 Å². The topological polar surface area (TPSA) is 50.7 Å². The van der Waals surface area contributed by atoms with Gasteiger partial charge in [-0.25, -0.2) is 5.43 Å². The second kappa shape index (κ2) is 7.42. The molecule has 0 aliphatic carbocycles. The lowest BCUT2D eigenvalue weighted by atomic mass is 10.2. The van der Waals surface area contributed by atoms with Crippen molar-refractivity contribution in [2.24, 2.45) is 5.10 Å². The molecule has 4 nitrogen and oxygen atoms in total. The lowest BCUT2D eigenvalue weighted by Crippen LogP contribution is -2.17. The predicted molar refractivity (Wildman–Crippen MR) is 92.2 cm³/mol. The Morgan fingerprint density at radius 3 is 2.76 bits per heavy atom. The van der Waals surface area contributed by atoms with E-state index in [4.69, 9.17) is 16.3 Å². The molecule has 2 aromatic rings. The van der Waals surface area contributed by atoms with Crippen LogP contribution < -0.4 is 10.2 Å². The van der Waals surface area contributed by atoms with Crippen LogP contribution in [-0.2, 0) is 0 Å². The van der Waals surface area contributed by atoms with Gasteiger partial charge in [0.15, 0.2) is 0 Å². The molecule has 2 aromatic carbocycles. The van der Waals surface area contributed by atoms with Gasteiger partial charge in [-0.3, -0.25) is 4.79 Å². The largest absolute Gasteiger partial charge is 0.496 e. The normalized spacial score (nSPS) is 10.6. The van der Waals surface area contributed by atoms with Crippen LogP contribution in [0, 0.1) is 3.57 Å². The number of hydrogen-bond donors (Lipinski definition) is 1. The number of rotatable bonds is 4. The Morgan fingerprint density at radius 2 is 2.10 bits per heavy atom. The number of carbonyl (C=O) groups is 1. The number of hydrogen-bond acceptors (Lipinski definition) is 3. The second-order valence-electron chi connectivity index (χ2n) is 4.07. The molecule has 0 unspecified atom stereocenters. The standard InChI is InChI=1S/C15H12ClIN2O2/c1-21-14-7-6-10(8-13(14)17)15(20)19-18-9-11-4-2-3-5-12(11)16/h2-9H,1H3,(H,19,20)/b18-9+. The van der Waals surface area contributed by atoms with E-state index in [9.17, 15) is 4.79 Å². The molecule has 0 aliphatic heterocycles. The minimum absolute atomic E-state index is 0.293. The van der Waals surface area contributed by atoms with Gasteiger partial charge in [0.05, 0.1) is 16.9 Å². The van der Waals surface area contributed by atoms with Gasteiger partial charge >= 0.3 is 0 Å². The van der Waals surface area contributed by atoms with Crippen LogP contribution in [0.25, 0.3) is 0 Å². The van der Waals surface area contributed by atoms with Crippen LogP contribution in [0.1, 0.15) is 15.9 Å². The van der Waals surface area contributed by atoms with Gasteiger partial charge in [0.2, 0.25) is 0 Å². The van der Waals surface area contributed by atoms with Crippen LogP contribution in [-0.4, -0.2) is 19.2 Å². The van der Waals surface area contributed by atoms with Crippen molar-refractivity contribution in [1.82, 2.24) is 5.43 Å². The van der Waals surface area contributed by atoms with Crippen molar-refractivity contribution in [1.29, 1.82) is 0 Å². The van der Waals surface area contributed by atoms with E-state index in [2.05, 4.69) is 33.1 Å². The van der Waals surface area contributed by atoms with E-state index in [-0.39, 0.29) is 5.91 Å². The van der Waals surface area contributed by atoms with E-state index in [0.717, 1.165) is 14.9 Å². The molecule has 0 radical (unpaired) electrons. The van der Waals surface area contributed by atoms with Crippen molar-refractivity contribution < 1.29 is 9.53 Å². The second-order valence-corrected chi connectivity index (χ2v) is 5.64. The van der Waals surface area contributed by atoms with Gasteiger partial charge in [-0.05, 0) is 46.9 Å². The molecule has 0 heterocycles. The molecule has 0 atom stereocenters. The minimum Gasteiger partial charge on any atom is -0.496 e. The van der Waals surface area contributed by atoms with E-state index in [0.29, 0.717) is 10.6 Å². The maximum absolute atomic E-state index is 12.0. The van der Waals surface area contributed by atoms with Crippen LogP contribution in [0.5, 0.6) is 5.75 Å². The molecule has 1 amide bonds. The fraction of sp³-hybridized carbons (Fsp3) is 0.0667. The van der Waals surface area contributed by atoms with Crippen molar-refractivity contribution in [3.63, 3.8) is 0 Å². The van der Waals surface area contributed by atoms with Crippen molar-refractivity contribution in [2.45, 2.75) is 0 Å². The molecular formula is C15H12ClIN2O2. The molecule has 0 bridgehead atoms. The first-order valence-electron chi connectivity index (χ1n) is 6.03. The van der Waals surface area contributed by atoms with Crippen molar-refractivity contribution >= 4 is 46.3 Å². The first-order valence-corrected chi connectivity index (χ1v) is 7.49. The van der Waals surface area contributed by atoms with Gasteiger partial charge in [0.1, 0.15) is 5.75 Å². The Bertz CT molecular complexity index is 689. The van der Waals surface area contributed by atoms with Crippen LogP contribution in [0.2, 0.25) is 5.02 Å². The van der Waals surface area contributed by atoms with Crippen LogP contribution >= 0.6 is 34.2 Å². The van der Waals surface area contributed by atoms with E-state index >= 15 is 0 Å². The van der Waals surface area contributed by atoms with Gasteiger partial charge < -0.3 is 4.74 Å². The molecule has 1 N–H and O–H groups in total. The Hall–Kier alpha value is -1.60. The van der Waals surface area contributed by atoms with E-state index in [1.165, 1.54) is 6.21 Å². The zero-order valence-corrected chi connectivity index (χ0v) is 14.1. The van der Waals surface area contributed by atoms with Crippen molar-refractivity contribution in [2.75, 3.05) is 7.11 Å². The molecule has 6 heteroatoms. The average Bonchev–Trinajstić information content (AvgIpc) is 2.49. The Labute approximate surface area is 141 Å². The highest BCUT2D eigenvalue weighted by Gasteiger charge is 2.07. The summed E-state index contributed by atoms with van der Waals surface area (Å²) in [6.07, 6.45) is 1.51. The van der Waals surface area contributed by atoms with E-state index in [1.54, 1.807) is 31.4 Å². The maximum atomic E-state index is 12.0. The number of benzene rings is 2. The van der Waals surface area contributed by atoms with E-state index < -0.39 is 0 Å². The number of hydrazone groups is 1. The van der Waals surface area contributed by atoms with E-state index in [1.807, 2.05) is 18.2 Å². The highest BCUT2D eigenvalue weighted by molar-refractivity contribution is 14.1. The third-order valence-electron chi connectivity index (χ3n) is 2.69. The Balaban J connectivity index is 2.05. The lowest BCUT2D eigenvalue weighted by molar-refractivity contribution is 0.0955.